The maximum atomic E-state index is 11.7. The van der Waals surface area contributed by atoms with Gasteiger partial charge in [-0.3, -0.25) is 0 Å². The lowest BCUT2D eigenvalue weighted by Gasteiger charge is -2.15. The molecule has 0 bridgehead atoms. The van der Waals surface area contributed by atoms with Crippen molar-refractivity contribution in [2.24, 2.45) is 0 Å². The molecule has 1 aromatic rings. The predicted octanol–water partition coefficient (Wildman–Crippen LogP) is 1.87. The molecule has 0 unspecified atom stereocenters. The molecule has 0 saturated carbocycles. The van der Waals surface area contributed by atoms with Gasteiger partial charge in [-0.1, -0.05) is 11.6 Å². The number of anilines is 1. The molecule has 1 heterocycles. The number of sulfone groups is 1. The lowest BCUT2D eigenvalue weighted by Crippen LogP contribution is -2.42. The van der Waals surface area contributed by atoms with E-state index in [1.165, 1.54) is 0 Å². The van der Waals surface area contributed by atoms with Crippen LogP contribution in [-0.2, 0) is 9.84 Å². The molecule has 0 spiro atoms. The van der Waals surface area contributed by atoms with Gasteiger partial charge in [-0.2, -0.15) is 0 Å². The molecule has 1 fully saturated rings. The van der Waals surface area contributed by atoms with Gasteiger partial charge < -0.3 is 10.6 Å². The predicted molar refractivity (Wildman–Crippen MR) is 75.7 cm³/mol. The van der Waals surface area contributed by atoms with E-state index < -0.39 is 27.3 Å². The SMILES string of the molecule is O=C(Nc1ccc(Cl)cc1)N[C@@H]1CS(=O)(=O)C[C@@H]1Cl. The van der Waals surface area contributed by atoms with Crippen LogP contribution in [0.25, 0.3) is 0 Å². The number of amides is 2. The van der Waals surface area contributed by atoms with Crippen LogP contribution < -0.4 is 10.6 Å². The van der Waals surface area contributed by atoms with Gasteiger partial charge in [0.2, 0.25) is 0 Å². The number of urea groups is 1. The van der Waals surface area contributed by atoms with Crippen molar-refractivity contribution in [3.05, 3.63) is 29.3 Å². The number of halogens is 2. The van der Waals surface area contributed by atoms with Gasteiger partial charge in [-0.05, 0) is 24.3 Å². The molecule has 1 saturated heterocycles. The molecule has 5 nitrogen and oxygen atoms in total. The first-order valence-corrected chi connectivity index (χ1v) is 8.17. The summed E-state index contributed by atoms with van der Waals surface area (Å²) in [4.78, 5) is 11.7. The Morgan fingerprint density at radius 1 is 1.21 bits per heavy atom. The third kappa shape index (κ3) is 3.99. The number of carbonyl (C=O) groups is 1. The molecule has 19 heavy (non-hydrogen) atoms. The Kier molecular flexibility index (Phi) is 4.23. The second-order valence-corrected chi connectivity index (χ2v) is 7.46. The van der Waals surface area contributed by atoms with E-state index in [0.717, 1.165) is 0 Å². The molecule has 1 aromatic carbocycles. The molecule has 2 N–H and O–H groups in total. The second-order valence-electron chi connectivity index (χ2n) is 4.30. The van der Waals surface area contributed by atoms with Crippen LogP contribution in [0.1, 0.15) is 0 Å². The molecular weight excluding hydrogens is 311 g/mol. The first-order valence-electron chi connectivity index (χ1n) is 5.53. The molecule has 2 rings (SSSR count). The van der Waals surface area contributed by atoms with Crippen molar-refractivity contribution in [3.8, 4) is 0 Å². The average Bonchev–Trinajstić information content (AvgIpc) is 2.55. The summed E-state index contributed by atoms with van der Waals surface area (Å²) in [6.07, 6.45) is 0. The topological polar surface area (TPSA) is 75.3 Å². The Bertz CT molecular complexity index is 574. The van der Waals surface area contributed by atoms with Crippen LogP contribution in [0.3, 0.4) is 0 Å². The van der Waals surface area contributed by atoms with Gasteiger partial charge in [0, 0.05) is 10.7 Å². The van der Waals surface area contributed by atoms with Crippen molar-refractivity contribution in [1.29, 1.82) is 0 Å². The van der Waals surface area contributed by atoms with Crippen LogP contribution in [0.4, 0.5) is 10.5 Å². The minimum absolute atomic E-state index is 0.111. The zero-order chi connectivity index (χ0) is 14.0. The highest BCUT2D eigenvalue weighted by molar-refractivity contribution is 7.91. The van der Waals surface area contributed by atoms with Crippen LogP contribution in [-0.4, -0.2) is 37.4 Å². The van der Waals surface area contributed by atoms with E-state index in [2.05, 4.69) is 10.6 Å². The average molecular weight is 323 g/mol. The van der Waals surface area contributed by atoms with Crippen molar-refractivity contribution >= 4 is 44.8 Å². The standard InChI is InChI=1S/C11H12Cl2N2O3S/c12-7-1-3-8(4-2-7)14-11(16)15-10-6-19(17,18)5-9(10)13/h1-4,9-10H,5-6H2,(H2,14,15,16)/t9-,10+/m0/s1. The second kappa shape index (κ2) is 5.56. The van der Waals surface area contributed by atoms with E-state index >= 15 is 0 Å². The van der Waals surface area contributed by atoms with Crippen LogP contribution >= 0.6 is 23.2 Å². The van der Waals surface area contributed by atoms with E-state index in [0.29, 0.717) is 10.7 Å². The summed E-state index contributed by atoms with van der Waals surface area (Å²) in [5.74, 6) is -0.240. The maximum absolute atomic E-state index is 11.7. The van der Waals surface area contributed by atoms with E-state index in [-0.39, 0.29) is 11.5 Å². The summed E-state index contributed by atoms with van der Waals surface area (Å²) in [6, 6.07) is 5.51. The quantitative estimate of drug-likeness (QED) is 0.816. The van der Waals surface area contributed by atoms with Gasteiger partial charge in [0.15, 0.2) is 9.84 Å². The molecule has 0 aromatic heterocycles. The lowest BCUT2D eigenvalue weighted by molar-refractivity contribution is 0.249. The van der Waals surface area contributed by atoms with Crippen molar-refractivity contribution in [1.82, 2.24) is 5.32 Å². The van der Waals surface area contributed by atoms with Crippen molar-refractivity contribution < 1.29 is 13.2 Å². The van der Waals surface area contributed by atoms with Gasteiger partial charge in [0.05, 0.1) is 22.9 Å². The third-order valence-corrected chi connectivity index (χ3v) is 5.33. The molecule has 0 aliphatic carbocycles. The van der Waals surface area contributed by atoms with Gasteiger partial charge in [-0.25, -0.2) is 13.2 Å². The van der Waals surface area contributed by atoms with Crippen molar-refractivity contribution in [2.45, 2.75) is 11.4 Å². The van der Waals surface area contributed by atoms with Crippen LogP contribution in [0.15, 0.2) is 24.3 Å². The van der Waals surface area contributed by atoms with Crippen LogP contribution in [0, 0.1) is 0 Å². The number of benzene rings is 1. The minimum Gasteiger partial charge on any atom is -0.333 e. The number of hydrogen-bond donors (Lipinski definition) is 2. The Balaban J connectivity index is 1.93. The van der Waals surface area contributed by atoms with Gasteiger partial charge in [0.25, 0.3) is 0 Å². The monoisotopic (exact) mass is 322 g/mol. The Morgan fingerprint density at radius 2 is 1.84 bits per heavy atom. The van der Waals surface area contributed by atoms with E-state index in [4.69, 9.17) is 23.2 Å². The third-order valence-electron chi connectivity index (χ3n) is 2.70. The summed E-state index contributed by atoms with van der Waals surface area (Å²) in [6.45, 7) is 0. The highest BCUT2D eigenvalue weighted by atomic mass is 35.5. The first kappa shape index (κ1) is 14.4. The maximum Gasteiger partial charge on any atom is 0.319 e. The van der Waals surface area contributed by atoms with Crippen LogP contribution in [0.2, 0.25) is 5.02 Å². The van der Waals surface area contributed by atoms with Crippen molar-refractivity contribution in [3.63, 3.8) is 0 Å². The lowest BCUT2D eigenvalue weighted by atomic mass is 10.2. The highest BCUT2D eigenvalue weighted by Gasteiger charge is 2.37. The molecule has 1 aliphatic heterocycles. The van der Waals surface area contributed by atoms with Crippen molar-refractivity contribution in [2.75, 3.05) is 16.8 Å². The Hall–Kier alpha value is -0.980. The number of alkyl halides is 1. The zero-order valence-electron chi connectivity index (χ0n) is 9.77. The summed E-state index contributed by atoms with van der Waals surface area (Å²) in [5, 5.41) is 5.10. The number of rotatable bonds is 2. The van der Waals surface area contributed by atoms with Gasteiger partial charge in [-0.15, -0.1) is 11.6 Å². The Labute approximate surface area is 121 Å². The summed E-state index contributed by atoms with van der Waals surface area (Å²) in [7, 11) is -3.16. The number of carbonyl (C=O) groups excluding carboxylic acids is 1. The van der Waals surface area contributed by atoms with Gasteiger partial charge in [0.1, 0.15) is 0 Å². The molecule has 8 heteroatoms. The summed E-state index contributed by atoms with van der Waals surface area (Å²) >= 11 is 11.6. The normalized spacial score (nSPS) is 24.9. The molecule has 0 radical (unpaired) electrons. The smallest absolute Gasteiger partial charge is 0.319 e. The minimum atomic E-state index is -3.16. The highest BCUT2D eigenvalue weighted by Crippen LogP contribution is 2.18. The molecule has 1 aliphatic rings. The molecule has 2 amide bonds. The van der Waals surface area contributed by atoms with E-state index in [1.54, 1.807) is 24.3 Å². The molecule has 2 atom stereocenters. The molecular formula is C11H12Cl2N2O3S. The fourth-order valence-electron chi connectivity index (χ4n) is 1.81. The number of hydrogen-bond acceptors (Lipinski definition) is 3. The van der Waals surface area contributed by atoms with Gasteiger partial charge >= 0.3 is 6.03 Å². The van der Waals surface area contributed by atoms with Crippen LogP contribution in [0.5, 0.6) is 0 Å². The van der Waals surface area contributed by atoms with E-state index in [9.17, 15) is 13.2 Å². The number of nitrogens with one attached hydrogen (secondary N) is 2. The first-order chi connectivity index (χ1) is 8.85. The zero-order valence-corrected chi connectivity index (χ0v) is 12.1. The summed E-state index contributed by atoms with van der Waals surface area (Å²) < 4.78 is 22.7. The fourth-order valence-corrected chi connectivity index (χ4v) is 4.48. The van der Waals surface area contributed by atoms with E-state index in [1.807, 2.05) is 0 Å². The largest absolute Gasteiger partial charge is 0.333 e. The Morgan fingerprint density at radius 3 is 2.37 bits per heavy atom. The molecule has 104 valence electrons. The fraction of sp³-hybridized carbons (Fsp3) is 0.364. The summed E-state index contributed by atoms with van der Waals surface area (Å²) in [5.41, 5.74) is 0.564.